The Balaban J connectivity index is 1.43. The summed E-state index contributed by atoms with van der Waals surface area (Å²) in [5, 5.41) is 31.2. The molecule has 0 radical (unpaired) electrons. The summed E-state index contributed by atoms with van der Waals surface area (Å²) in [4.78, 5) is 63.1. The highest BCUT2D eigenvalue weighted by atomic mass is 35.5. The van der Waals surface area contributed by atoms with Crippen molar-refractivity contribution >= 4 is 64.2 Å². The van der Waals surface area contributed by atoms with Crippen LogP contribution in [0.25, 0.3) is 0 Å². The van der Waals surface area contributed by atoms with E-state index in [-0.39, 0.29) is 40.1 Å². The molecule has 6 atom stereocenters. The number of alkyl halides is 2. The van der Waals surface area contributed by atoms with Gasteiger partial charge in [-0.2, -0.15) is 0 Å². The van der Waals surface area contributed by atoms with E-state index in [2.05, 4.69) is 6.58 Å². The van der Waals surface area contributed by atoms with Crippen LogP contribution in [0.1, 0.15) is 40.2 Å². The molecule has 274 valence electrons. The number of carbonyl (C=O) groups excluding carboxylic acids is 4. The first-order valence-corrected chi connectivity index (χ1v) is 16.5. The number of phenolic OH excluding ortho intramolecular Hbond substituents is 1. The number of amides is 4. The van der Waals surface area contributed by atoms with Gasteiger partial charge in [0.2, 0.25) is 17.6 Å². The van der Waals surface area contributed by atoms with Crippen LogP contribution in [0.5, 0.6) is 11.5 Å². The number of aromatic carboxylic acids is 1. The quantitative estimate of drug-likeness (QED) is 0.0690. The predicted molar refractivity (Wildman–Crippen MR) is 176 cm³/mol. The van der Waals surface area contributed by atoms with Gasteiger partial charge in [0.25, 0.3) is 11.8 Å². The molecule has 10 nitrogen and oxygen atoms in total. The van der Waals surface area contributed by atoms with E-state index in [1.165, 1.54) is 30.4 Å². The number of carboxylic acid groups (broad SMARTS) is 1. The molecule has 17 heteroatoms. The molecule has 3 N–H and O–H groups in total. The third-order valence-electron chi connectivity index (χ3n) is 10.5. The molecule has 7 rings (SSSR count). The molecule has 3 fully saturated rings. The van der Waals surface area contributed by atoms with Crippen molar-refractivity contribution in [3.8, 4) is 11.5 Å². The number of halogens is 7. The van der Waals surface area contributed by atoms with Gasteiger partial charge in [-0.3, -0.25) is 19.2 Å². The summed E-state index contributed by atoms with van der Waals surface area (Å²) < 4.78 is 73.5. The van der Waals surface area contributed by atoms with Crippen molar-refractivity contribution in [3.05, 3.63) is 106 Å². The predicted octanol–water partition coefficient (Wildman–Crippen LogP) is 5.99. The largest absolute Gasteiger partial charge is 0.507 e. The Labute approximate surface area is 305 Å². The lowest BCUT2D eigenvalue weighted by atomic mass is 9.56. The van der Waals surface area contributed by atoms with E-state index in [4.69, 9.17) is 23.2 Å². The fourth-order valence-corrected chi connectivity index (χ4v) is 9.10. The van der Waals surface area contributed by atoms with Gasteiger partial charge in [0.15, 0.2) is 33.0 Å². The molecule has 0 unspecified atom stereocenters. The fraction of sp³-hybridized carbons (Fsp3) is 0.250. The third kappa shape index (κ3) is 4.65. The minimum atomic E-state index is -2.84. The van der Waals surface area contributed by atoms with Crippen LogP contribution in [0.15, 0.2) is 60.7 Å². The van der Waals surface area contributed by atoms with E-state index in [1.54, 1.807) is 0 Å². The number of aromatic hydroxyl groups is 2. The van der Waals surface area contributed by atoms with E-state index >= 15 is 8.78 Å². The Hall–Kier alpha value is -5.28. The van der Waals surface area contributed by atoms with Gasteiger partial charge >= 0.3 is 5.97 Å². The Morgan fingerprint density at radius 2 is 1.53 bits per heavy atom. The zero-order valence-corrected chi connectivity index (χ0v) is 28.2. The highest BCUT2D eigenvalue weighted by Gasteiger charge is 2.77. The lowest BCUT2D eigenvalue weighted by Gasteiger charge is -2.50. The van der Waals surface area contributed by atoms with Gasteiger partial charge in [0.1, 0.15) is 22.7 Å². The van der Waals surface area contributed by atoms with E-state index < -0.39 is 121 Å². The first kappa shape index (κ1) is 36.1. The van der Waals surface area contributed by atoms with Crippen molar-refractivity contribution in [2.45, 2.75) is 34.9 Å². The second kappa shape index (κ2) is 12.1. The van der Waals surface area contributed by atoms with Gasteiger partial charge in [0, 0.05) is 17.5 Å². The van der Waals surface area contributed by atoms with Crippen molar-refractivity contribution in [1.82, 2.24) is 0 Å². The summed E-state index contributed by atoms with van der Waals surface area (Å²) in [5.41, 5.74) is -2.46. The van der Waals surface area contributed by atoms with Crippen LogP contribution in [-0.2, 0) is 25.6 Å². The number of rotatable bonds is 6. The number of carbonyl (C=O) groups is 5. The minimum absolute atomic E-state index is 0.0693. The highest BCUT2D eigenvalue weighted by Crippen LogP contribution is 2.67. The standard InChI is InChI=1S/C36H23Cl2F5N2O8/c1-2-4-13-5-3-6-18(29(13)47)22-15-9-10-17-21(31(49)44(30(17)48)14-7-8-16(32(50)51)20(46)11-14)19(15)12-35(37)33(52)45(34(53)36(22,35)38)28-26(42)24(40)23(39)25(41)27(28)43/h2-3,5-9,11,17,19,21-22,46-47H,1,4,10,12H2,(H,50,51)/t17-,19+,21-,22+,35+,36-/m0/s1. The van der Waals surface area contributed by atoms with Gasteiger partial charge in [-0.25, -0.2) is 36.5 Å². The summed E-state index contributed by atoms with van der Waals surface area (Å²) in [6.45, 7) is 3.63. The SMILES string of the molecule is C=CCc1cccc([C@H]2C3=CC[C@@H]4C(=O)N(c5ccc(C(=O)O)c(O)c5)C(=O)[C@@H]4[C@@H]3C[C@@]3(Cl)C(=O)N(c4c(F)c(F)c(F)c(F)c4F)C(=O)[C@@]23Cl)c1O. The molecule has 0 spiro atoms. The van der Waals surface area contributed by atoms with Gasteiger partial charge in [-0.15, -0.1) is 29.8 Å². The maximum Gasteiger partial charge on any atom is 0.339 e. The summed E-state index contributed by atoms with van der Waals surface area (Å²) in [5.74, 6) is -25.8. The average Bonchev–Trinajstić information content (AvgIpc) is 3.45. The number of hydrogen-bond donors (Lipinski definition) is 3. The van der Waals surface area contributed by atoms with Crippen LogP contribution in [0.3, 0.4) is 0 Å². The lowest BCUT2D eigenvalue weighted by molar-refractivity contribution is -0.125. The number of imide groups is 2. The molecule has 4 aliphatic rings. The minimum Gasteiger partial charge on any atom is -0.507 e. The maximum atomic E-state index is 15.3. The first-order valence-electron chi connectivity index (χ1n) is 15.8. The van der Waals surface area contributed by atoms with E-state index in [9.17, 15) is 52.5 Å². The zero-order valence-electron chi connectivity index (χ0n) is 26.7. The fourth-order valence-electron chi connectivity index (χ4n) is 8.17. The van der Waals surface area contributed by atoms with Gasteiger partial charge in [-0.1, -0.05) is 35.9 Å². The molecule has 2 aliphatic heterocycles. The molecule has 2 heterocycles. The first-order chi connectivity index (χ1) is 24.9. The molecule has 0 bridgehead atoms. The van der Waals surface area contributed by atoms with Crippen LogP contribution in [0, 0.1) is 46.8 Å². The van der Waals surface area contributed by atoms with Crippen molar-refractivity contribution in [2.75, 3.05) is 9.80 Å². The Bertz CT molecular complexity index is 2260. The molecule has 0 aromatic heterocycles. The number of fused-ring (bicyclic) bond motifs is 4. The van der Waals surface area contributed by atoms with Gasteiger partial charge in [0.05, 0.1) is 17.5 Å². The van der Waals surface area contributed by atoms with Crippen LogP contribution < -0.4 is 9.80 Å². The summed E-state index contributed by atoms with van der Waals surface area (Å²) >= 11 is 14.2. The van der Waals surface area contributed by atoms with Crippen molar-refractivity contribution in [3.63, 3.8) is 0 Å². The number of para-hydroxylation sites is 1. The second-order valence-electron chi connectivity index (χ2n) is 13.1. The molecule has 2 saturated heterocycles. The molecule has 4 amide bonds. The van der Waals surface area contributed by atoms with E-state index in [0.29, 0.717) is 4.90 Å². The van der Waals surface area contributed by atoms with Crippen LogP contribution in [0.4, 0.5) is 33.3 Å². The number of nitrogens with zero attached hydrogens (tertiary/aromatic N) is 2. The average molecular weight is 777 g/mol. The highest BCUT2D eigenvalue weighted by molar-refractivity contribution is 6.58. The zero-order chi connectivity index (χ0) is 38.6. The smallest absolute Gasteiger partial charge is 0.339 e. The van der Waals surface area contributed by atoms with Crippen molar-refractivity contribution < 1.29 is 61.2 Å². The van der Waals surface area contributed by atoms with Crippen LogP contribution in [0.2, 0.25) is 0 Å². The normalized spacial score (nSPS) is 27.8. The Morgan fingerprint density at radius 1 is 0.887 bits per heavy atom. The molecule has 1 saturated carbocycles. The van der Waals surface area contributed by atoms with Crippen molar-refractivity contribution in [1.29, 1.82) is 0 Å². The molecular formula is C36H23Cl2F5N2O8. The molecule has 3 aromatic rings. The number of carboxylic acids is 1. The Morgan fingerprint density at radius 3 is 2.13 bits per heavy atom. The lowest BCUT2D eigenvalue weighted by Crippen LogP contribution is -2.60. The van der Waals surface area contributed by atoms with Gasteiger partial charge < -0.3 is 15.3 Å². The number of hydrogen-bond acceptors (Lipinski definition) is 7. The molecule has 2 aliphatic carbocycles. The summed E-state index contributed by atoms with van der Waals surface area (Å²) in [7, 11) is 0. The second-order valence-corrected chi connectivity index (χ2v) is 14.3. The number of allylic oxidation sites excluding steroid dienone is 3. The summed E-state index contributed by atoms with van der Waals surface area (Å²) in [6.07, 6.45) is 1.99. The van der Waals surface area contributed by atoms with Crippen LogP contribution >= 0.6 is 23.2 Å². The topological polar surface area (TPSA) is 153 Å². The summed E-state index contributed by atoms with van der Waals surface area (Å²) in [6, 6.07) is 7.23. The molecular weight excluding hydrogens is 754 g/mol. The van der Waals surface area contributed by atoms with Crippen LogP contribution in [-0.4, -0.2) is 54.7 Å². The maximum absolute atomic E-state index is 15.3. The number of anilines is 2. The third-order valence-corrected chi connectivity index (χ3v) is 11.9. The number of benzene rings is 3. The molecule has 3 aromatic carbocycles. The number of phenols is 2. The van der Waals surface area contributed by atoms with Gasteiger partial charge in [-0.05, 0) is 42.9 Å². The molecule has 53 heavy (non-hydrogen) atoms. The van der Waals surface area contributed by atoms with Crippen molar-refractivity contribution in [2.24, 2.45) is 17.8 Å². The van der Waals surface area contributed by atoms with E-state index in [0.717, 1.165) is 18.2 Å². The van der Waals surface area contributed by atoms with E-state index in [1.807, 2.05) is 0 Å². The Kier molecular flexibility index (Phi) is 8.26. The monoisotopic (exact) mass is 776 g/mol.